The van der Waals surface area contributed by atoms with Crippen LogP contribution in [0.25, 0.3) is 0 Å². The van der Waals surface area contributed by atoms with Gasteiger partial charge in [0.2, 0.25) is 5.91 Å². The zero-order chi connectivity index (χ0) is 25.4. The van der Waals surface area contributed by atoms with E-state index in [1.807, 2.05) is 44.4 Å². The Kier molecular flexibility index (Phi) is 12.9. The molecule has 190 valence electrons. The molecule has 1 aliphatic carbocycles. The fourth-order valence-electron chi connectivity index (χ4n) is 4.06. The monoisotopic (exact) mass is 534 g/mol. The molecule has 0 radical (unpaired) electrons. The maximum Gasteiger partial charge on any atom is 1.00 e. The number of rotatable bonds is 7. The van der Waals surface area contributed by atoms with Crippen LogP contribution in [-0.2, 0) is 9.59 Å². The Labute approximate surface area is 260 Å². The van der Waals surface area contributed by atoms with Crippen LogP contribution in [0, 0.1) is 33.1 Å². The fraction of sp³-hybridized carbons (Fsp3) is 0.429. The number of hydrogen-bond donors (Lipinski definition) is 2. The van der Waals surface area contributed by atoms with Gasteiger partial charge in [0.15, 0.2) is 0 Å². The van der Waals surface area contributed by atoms with Gasteiger partial charge in [-0.05, 0) is 24.8 Å². The van der Waals surface area contributed by atoms with Crippen LogP contribution in [0.3, 0.4) is 0 Å². The zero-order valence-electron chi connectivity index (χ0n) is 21.9. The fourth-order valence-corrected chi connectivity index (χ4v) is 4.44. The van der Waals surface area contributed by atoms with Crippen LogP contribution in [0.4, 0.5) is 5.69 Å². The molecule has 1 saturated heterocycles. The van der Waals surface area contributed by atoms with Crippen molar-refractivity contribution in [3.05, 3.63) is 65.9 Å². The second kappa shape index (κ2) is 14.9. The molecule has 0 aromatic heterocycles. The maximum absolute atomic E-state index is 12.1. The summed E-state index contributed by atoms with van der Waals surface area (Å²) in [6.07, 6.45) is 8.19. The molecule has 1 aliphatic heterocycles. The van der Waals surface area contributed by atoms with Crippen molar-refractivity contribution < 1.29 is 70.4 Å². The molecule has 2 aliphatic rings. The van der Waals surface area contributed by atoms with Gasteiger partial charge in [-0.25, -0.2) is 5.56 Å². The molecule has 2 aromatic rings. The van der Waals surface area contributed by atoms with Crippen LogP contribution < -0.4 is 71.5 Å². The van der Waals surface area contributed by atoms with Gasteiger partial charge < -0.3 is 31.3 Å². The quantitative estimate of drug-likeness (QED) is 0.321. The first-order valence-corrected chi connectivity index (χ1v) is 12.6. The summed E-state index contributed by atoms with van der Waals surface area (Å²) >= 11 is 0. The van der Waals surface area contributed by atoms with E-state index in [2.05, 4.69) is 33.2 Å². The molecule has 1 saturated carbocycles. The zero-order valence-corrected chi connectivity index (χ0v) is 26.2. The maximum atomic E-state index is 12.1. The minimum absolute atomic E-state index is 0. The van der Waals surface area contributed by atoms with Gasteiger partial charge in [0, 0.05) is 41.7 Å². The van der Waals surface area contributed by atoms with E-state index in [4.69, 9.17) is 9.47 Å². The predicted molar refractivity (Wildman–Crippen MR) is 144 cm³/mol. The average molecular weight is 535 g/mol. The predicted octanol–water partition coefficient (Wildman–Crippen LogP) is 1.57. The van der Waals surface area contributed by atoms with Gasteiger partial charge in [-0.15, -0.1) is 9.24 Å². The number of methoxy groups -OCH3 is 1. The Balaban J connectivity index is 0.000000247. The van der Waals surface area contributed by atoms with Crippen molar-refractivity contribution in [3.8, 4) is 11.5 Å². The van der Waals surface area contributed by atoms with Crippen LogP contribution in [0.15, 0.2) is 30.3 Å². The van der Waals surface area contributed by atoms with E-state index in [1.165, 1.54) is 0 Å². The molecule has 6 nitrogen and oxygen atoms in total. The smallest absolute Gasteiger partial charge is 0.508 e. The summed E-state index contributed by atoms with van der Waals surface area (Å²) in [7, 11) is 4.46. The molecule has 1 atom stereocenters. The van der Waals surface area contributed by atoms with Crippen LogP contribution in [-0.4, -0.2) is 44.2 Å². The second-order valence-corrected chi connectivity index (χ2v) is 10.7. The summed E-state index contributed by atoms with van der Waals surface area (Å²) in [6, 6.07) is 9.36. The summed E-state index contributed by atoms with van der Waals surface area (Å²) in [4.78, 5) is 22.9. The molecule has 2 aromatic carbocycles. The number of anilines is 1. The topological polar surface area (TPSA) is 76.7 Å². The molecular weight excluding hydrogens is 498 g/mol. The van der Waals surface area contributed by atoms with Gasteiger partial charge in [-0.1, -0.05) is 31.9 Å². The van der Waals surface area contributed by atoms with Crippen molar-refractivity contribution in [1.29, 1.82) is 0 Å². The summed E-state index contributed by atoms with van der Waals surface area (Å²) in [6.45, 7) is 10.2. The van der Waals surface area contributed by atoms with Gasteiger partial charge in [0.05, 0.1) is 13.7 Å². The molecule has 0 bridgehead atoms. The standard InChI is InChI=1S/C15H20NO2.C13H16NO2P.K/c1-11-8-9-13(10-14(11)18-2)16-15(17)12-6-4-3-5-7-12;1-9-3-12(4-11(5-15)10(9)2)16-8-13(17)6-14-7-13;/h3,8-10,12H,4-7H2,1-2H3,(H,16,17);3-4,14H,2,6-8,17H2,1H3;/q-1;-2;+1. The number of carbonyl (C=O) groups is 1. The number of amides is 1. The van der Waals surface area contributed by atoms with Crippen molar-refractivity contribution >= 4 is 27.1 Å². The molecular formula is C28H36KN2O4P-2. The third-order valence-corrected chi connectivity index (χ3v) is 7.10. The molecule has 2 N–H and O–H groups in total. The van der Waals surface area contributed by atoms with E-state index in [0.29, 0.717) is 17.9 Å². The third-order valence-electron chi connectivity index (χ3n) is 6.52. The SMILES string of the molecule is COc1cc(NC(=O)C2CC[CH-]CC2)ccc1C.[CH2-]c1c(C)cc(OCC2(P)CNC2)cc1[C-]=O.[K+]. The first kappa shape index (κ1) is 31.3. The van der Waals surface area contributed by atoms with Gasteiger partial charge in [-0.3, -0.25) is 22.8 Å². The van der Waals surface area contributed by atoms with Crippen molar-refractivity contribution in [2.75, 3.05) is 32.1 Å². The molecule has 4 rings (SSSR count). The third kappa shape index (κ3) is 8.83. The summed E-state index contributed by atoms with van der Waals surface area (Å²) in [5.74, 6) is 1.81. The molecule has 1 heterocycles. The van der Waals surface area contributed by atoms with Crippen LogP contribution in [0.2, 0.25) is 0 Å². The largest absolute Gasteiger partial charge is 1.00 e. The molecule has 36 heavy (non-hydrogen) atoms. The summed E-state index contributed by atoms with van der Waals surface area (Å²) in [5, 5.41) is 6.32. The Morgan fingerprint density at radius 2 is 1.92 bits per heavy atom. The number of ether oxygens (including phenoxy) is 2. The van der Waals surface area contributed by atoms with Crippen LogP contribution in [0.5, 0.6) is 11.5 Å². The second-order valence-electron chi connectivity index (χ2n) is 9.44. The summed E-state index contributed by atoms with van der Waals surface area (Å²) < 4.78 is 11.0. The number of hydrogen-bond acceptors (Lipinski definition) is 5. The van der Waals surface area contributed by atoms with Crippen molar-refractivity contribution in [2.45, 2.75) is 44.7 Å². The molecule has 1 unspecified atom stereocenters. The van der Waals surface area contributed by atoms with Crippen LogP contribution in [0.1, 0.15) is 47.9 Å². The average Bonchev–Trinajstić information content (AvgIpc) is 2.85. The Bertz CT molecular complexity index is 1040. The van der Waals surface area contributed by atoms with Gasteiger partial charge in [0.1, 0.15) is 5.75 Å². The van der Waals surface area contributed by atoms with E-state index in [9.17, 15) is 9.59 Å². The van der Waals surface area contributed by atoms with Crippen LogP contribution >= 0.6 is 9.24 Å². The minimum Gasteiger partial charge on any atom is -0.508 e. The Hall–Kier alpha value is -0.924. The molecule has 2 fully saturated rings. The molecule has 1 amide bonds. The first-order chi connectivity index (χ1) is 16.7. The van der Waals surface area contributed by atoms with E-state index < -0.39 is 0 Å². The van der Waals surface area contributed by atoms with Gasteiger partial charge in [-0.2, -0.15) is 18.9 Å². The molecule has 8 heteroatoms. The number of nitrogens with one attached hydrogen (secondary N) is 2. The number of carbonyl (C=O) groups excluding carboxylic acids is 2. The Morgan fingerprint density at radius 3 is 2.50 bits per heavy atom. The normalized spacial score (nSPS) is 16.3. The summed E-state index contributed by atoms with van der Waals surface area (Å²) in [5.41, 5.74) is 4.04. The van der Waals surface area contributed by atoms with E-state index in [1.54, 1.807) is 13.2 Å². The van der Waals surface area contributed by atoms with Gasteiger partial charge >= 0.3 is 51.4 Å². The number of benzene rings is 2. The first-order valence-electron chi connectivity index (χ1n) is 12.0. The van der Waals surface area contributed by atoms with Crippen molar-refractivity contribution in [3.63, 3.8) is 0 Å². The number of aryl methyl sites for hydroxylation is 2. The van der Waals surface area contributed by atoms with Crippen molar-refractivity contribution in [2.24, 2.45) is 5.92 Å². The van der Waals surface area contributed by atoms with E-state index >= 15 is 0 Å². The molecule has 0 spiro atoms. The van der Waals surface area contributed by atoms with Gasteiger partial charge in [0.25, 0.3) is 0 Å². The van der Waals surface area contributed by atoms with E-state index in [-0.39, 0.29) is 68.4 Å². The van der Waals surface area contributed by atoms with Crippen molar-refractivity contribution in [1.82, 2.24) is 5.32 Å². The Morgan fingerprint density at radius 1 is 1.22 bits per heavy atom. The minimum atomic E-state index is 0. The van der Waals surface area contributed by atoms with E-state index in [0.717, 1.165) is 66.9 Å².